The van der Waals surface area contributed by atoms with Crippen LogP contribution < -0.4 is 5.32 Å². The Morgan fingerprint density at radius 3 is 2.48 bits per heavy atom. The number of alkyl halides is 3. The molecule has 5 atom stereocenters. The molecular formula is C22H27F3N2O2. The third kappa shape index (κ3) is 4.49. The van der Waals surface area contributed by atoms with E-state index >= 15 is 0 Å². The van der Waals surface area contributed by atoms with Crippen LogP contribution in [0.25, 0.3) is 0 Å². The van der Waals surface area contributed by atoms with E-state index in [1.54, 1.807) is 0 Å². The van der Waals surface area contributed by atoms with Gasteiger partial charge in [-0.2, -0.15) is 13.2 Å². The Kier molecular flexibility index (Phi) is 5.44. The van der Waals surface area contributed by atoms with E-state index < -0.39 is 17.6 Å². The molecule has 3 aliphatic rings. The van der Waals surface area contributed by atoms with E-state index in [2.05, 4.69) is 17.1 Å². The van der Waals surface area contributed by atoms with Gasteiger partial charge < -0.3 is 5.32 Å². The zero-order valence-electron chi connectivity index (χ0n) is 16.5. The van der Waals surface area contributed by atoms with Crippen molar-refractivity contribution in [3.8, 4) is 0 Å². The Labute approximate surface area is 168 Å². The Balaban J connectivity index is 1.21. The molecule has 1 aromatic rings. The summed E-state index contributed by atoms with van der Waals surface area (Å²) in [5.41, 5.74) is -0.708. The molecule has 4 rings (SSSR count). The van der Waals surface area contributed by atoms with Crippen LogP contribution in [-0.4, -0.2) is 35.7 Å². The number of ketones is 1. The number of nitrogens with zero attached hydrogens (tertiary/aromatic N) is 1. The van der Waals surface area contributed by atoms with E-state index in [-0.39, 0.29) is 30.2 Å². The molecule has 1 aromatic carbocycles. The van der Waals surface area contributed by atoms with Crippen LogP contribution in [0.2, 0.25) is 0 Å². The maximum Gasteiger partial charge on any atom is 0.416 e. The number of likely N-dealkylation sites (tertiary alicyclic amines) is 1. The van der Waals surface area contributed by atoms with E-state index in [9.17, 15) is 22.8 Å². The predicted molar refractivity (Wildman–Crippen MR) is 103 cm³/mol. The number of carbonyl (C=O) groups is 2. The van der Waals surface area contributed by atoms with Crippen molar-refractivity contribution in [3.05, 3.63) is 29.8 Å². The summed E-state index contributed by atoms with van der Waals surface area (Å²) in [6, 6.07) is 5.21. The van der Waals surface area contributed by atoms with Crippen LogP contribution in [0.4, 0.5) is 18.9 Å². The van der Waals surface area contributed by atoms with Crippen molar-refractivity contribution in [1.29, 1.82) is 0 Å². The van der Waals surface area contributed by atoms with Gasteiger partial charge in [-0.3, -0.25) is 14.5 Å². The Morgan fingerprint density at radius 1 is 1.14 bits per heavy atom. The lowest BCUT2D eigenvalue weighted by atomic mass is 10.1. The molecule has 29 heavy (non-hydrogen) atoms. The molecule has 3 fully saturated rings. The number of piperidine rings is 1. The highest BCUT2D eigenvalue weighted by Gasteiger charge is 2.59. The van der Waals surface area contributed by atoms with Crippen LogP contribution in [0.3, 0.4) is 0 Å². The number of benzene rings is 1. The van der Waals surface area contributed by atoms with E-state index in [0.717, 1.165) is 31.1 Å². The highest BCUT2D eigenvalue weighted by atomic mass is 19.4. The molecule has 2 saturated carbocycles. The summed E-state index contributed by atoms with van der Waals surface area (Å²) in [6.45, 7) is 4.29. The number of rotatable bonds is 6. The summed E-state index contributed by atoms with van der Waals surface area (Å²) in [7, 11) is 0. The summed E-state index contributed by atoms with van der Waals surface area (Å²) in [5, 5.41) is 2.47. The number of halogens is 3. The summed E-state index contributed by atoms with van der Waals surface area (Å²) in [6.07, 6.45) is -0.481. The predicted octanol–water partition coefficient (Wildman–Crippen LogP) is 4.36. The first-order valence-corrected chi connectivity index (χ1v) is 10.5. The van der Waals surface area contributed by atoms with Crippen LogP contribution in [0, 0.1) is 23.7 Å². The Morgan fingerprint density at radius 2 is 1.86 bits per heavy atom. The molecular weight excluding hydrogens is 381 g/mol. The van der Waals surface area contributed by atoms with Crippen molar-refractivity contribution in [1.82, 2.24) is 4.90 Å². The summed E-state index contributed by atoms with van der Waals surface area (Å²) in [4.78, 5) is 27.1. The minimum absolute atomic E-state index is 0.00880. The molecule has 3 unspecified atom stereocenters. The van der Waals surface area contributed by atoms with Gasteiger partial charge in [-0.15, -0.1) is 0 Å². The van der Waals surface area contributed by atoms with Gasteiger partial charge in [-0.05, 0) is 55.2 Å². The van der Waals surface area contributed by atoms with Gasteiger partial charge in [0.25, 0.3) is 0 Å². The molecule has 4 nitrogen and oxygen atoms in total. The van der Waals surface area contributed by atoms with Gasteiger partial charge in [0, 0.05) is 43.6 Å². The molecule has 2 aliphatic carbocycles. The van der Waals surface area contributed by atoms with E-state index in [1.807, 2.05) is 0 Å². The zero-order chi connectivity index (χ0) is 20.8. The Bertz CT molecular complexity index is 783. The van der Waals surface area contributed by atoms with Crippen molar-refractivity contribution < 1.29 is 22.8 Å². The minimum Gasteiger partial charge on any atom is -0.326 e. The maximum atomic E-state index is 12.8. The van der Waals surface area contributed by atoms with Crippen molar-refractivity contribution in [2.45, 2.75) is 51.2 Å². The van der Waals surface area contributed by atoms with Crippen LogP contribution >= 0.6 is 0 Å². The zero-order valence-corrected chi connectivity index (χ0v) is 16.5. The third-order valence-corrected chi connectivity index (χ3v) is 6.85. The molecule has 1 aliphatic heterocycles. The molecule has 0 radical (unpaired) electrons. The third-order valence-electron chi connectivity index (χ3n) is 6.85. The number of amides is 1. The highest BCUT2D eigenvalue weighted by molar-refractivity contribution is 5.94. The monoisotopic (exact) mass is 408 g/mol. The van der Waals surface area contributed by atoms with Crippen LogP contribution in [0.1, 0.15) is 44.6 Å². The lowest BCUT2D eigenvalue weighted by Gasteiger charge is -2.26. The molecule has 158 valence electrons. The van der Waals surface area contributed by atoms with E-state index in [4.69, 9.17) is 0 Å². The second-order valence-corrected chi connectivity index (χ2v) is 8.97. The standard InChI is InChI=1S/C22H27F3N2O2/c1-13-5-6-16(9-13)27-11-17-18(12-27)21(17)19(28)7-8-20(29)26-15-4-2-3-14(10-15)22(23,24)25/h2-4,10,13,16-18,21H,5-9,11-12H2,1H3,(H,26,29)/t13?,16?,17-,18+,21?. The molecule has 0 spiro atoms. The van der Waals surface area contributed by atoms with Crippen molar-refractivity contribution in [3.63, 3.8) is 0 Å². The first kappa shape index (κ1) is 20.4. The second kappa shape index (κ2) is 7.74. The summed E-state index contributed by atoms with van der Waals surface area (Å²) >= 11 is 0. The number of carbonyl (C=O) groups excluding carboxylic acids is 2. The minimum atomic E-state index is -4.45. The van der Waals surface area contributed by atoms with Crippen LogP contribution in [0.5, 0.6) is 0 Å². The highest BCUT2D eigenvalue weighted by Crippen LogP contribution is 2.54. The largest absolute Gasteiger partial charge is 0.416 e. The molecule has 1 N–H and O–H groups in total. The van der Waals surface area contributed by atoms with Gasteiger partial charge in [-0.1, -0.05) is 13.0 Å². The summed E-state index contributed by atoms with van der Waals surface area (Å²) < 4.78 is 38.3. The number of Topliss-reactive ketones (excluding diaryl/α,β-unsaturated/α-hetero) is 1. The van der Waals surface area contributed by atoms with Crippen molar-refractivity contribution >= 4 is 17.4 Å². The van der Waals surface area contributed by atoms with Gasteiger partial charge >= 0.3 is 6.18 Å². The average molecular weight is 408 g/mol. The topological polar surface area (TPSA) is 49.4 Å². The van der Waals surface area contributed by atoms with Crippen LogP contribution in [-0.2, 0) is 15.8 Å². The maximum absolute atomic E-state index is 12.8. The first-order chi connectivity index (χ1) is 13.7. The number of nitrogens with one attached hydrogen (secondary N) is 1. The molecule has 7 heteroatoms. The Hall–Kier alpha value is -1.89. The van der Waals surface area contributed by atoms with E-state index in [0.29, 0.717) is 17.9 Å². The van der Waals surface area contributed by atoms with Gasteiger partial charge in [0.05, 0.1) is 5.56 Å². The van der Waals surface area contributed by atoms with Gasteiger partial charge in [0.2, 0.25) is 5.91 Å². The molecule has 1 heterocycles. The molecule has 0 bridgehead atoms. The van der Waals surface area contributed by atoms with E-state index in [1.165, 1.54) is 31.4 Å². The number of anilines is 1. The van der Waals surface area contributed by atoms with Gasteiger partial charge in [0.1, 0.15) is 5.78 Å². The van der Waals surface area contributed by atoms with Crippen LogP contribution in [0.15, 0.2) is 24.3 Å². The molecule has 0 aromatic heterocycles. The number of fused-ring (bicyclic) bond motifs is 1. The first-order valence-electron chi connectivity index (χ1n) is 10.5. The fourth-order valence-corrected chi connectivity index (χ4v) is 5.24. The SMILES string of the molecule is CC1CCC(N2C[C@@H]3C(C(=O)CCC(=O)Nc4cccc(C(F)(F)F)c4)[C@@H]3C2)C1. The van der Waals surface area contributed by atoms with Gasteiger partial charge in [0.15, 0.2) is 0 Å². The smallest absolute Gasteiger partial charge is 0.326 e. The molecule has 1 saturated heterocycles. The van der Waals surface area contributed by atoms with Gasteiger partial charge in [-0.25, -0.2) is 0 Å². The second-order valence-electron chi connectivity index (χ2n) is 8.97. The fraction of sp³-hybridized carbons (Fsp3) is 0.636. The lowest BCUT2D eigenvalue weighted by Crippen LogP contribution is -2.34. The normalized spacial score (nSPS) is 31.5. The van der Waals surface area contributed by atoms with Crippen molar-refractivity contribution in [2.75, 3.05) is 18.4 Å². The quantitative estimate of drug-likeness (QED) is 0.761. The number of hydrogen-bond donors (Lipinski definition) is 1. The summed E-state index contributed by atoms with van der Waals surface area (Å²) in [5.74, 6) is 1.44. The fourth-order valence-electron chi connectivity index (χ4n) is 5.24. The molecule has 1 amide bonds. The average Bonchev–Trinajstić information content (AvgIpc) is 2.98. The number of hydrogen-bond acceptors (Lipinski definition) is 3. The van der Waals surface area contributed by atoms with Crippen molar-refractivity contribution in [2.24, 2.45) is 23.7 Å². The lowest BCUT2D eigenvalue weighted by molar-refractivity contribution is -0.137.